The Labute approximate surface area is 148 Å². The van der Waals surface area contributed by atoms with Gasteiger partial charge in [-0.1, -0.05) is 24.5 Å². The maximum Gasteiger partial charge on any atom is 0.224 e. The molecular weight excluding hydrogens is 318 g/mol. The molecule has 5 rings (SSSR count). The van der Waals surface area contributed by atoms with Crippen LogP contribution < -0.4 is 5.32 Å². The van der Waals surface area contributed by atoms with E-state index in [0.29, 0.717) is 23.7 Å². The molecule has 3 aliphatic heterocycles. The van der Waals surface area contributed by atoms with E-state index in [-0.39, 0.29) is 18.4 Å². The van der Waals surface area contributed by atoms with Crippen LogP contribution in [0.1, 0.15) is 50.6 Å². The van der Waals surface area contributed by atoms with E-state index in [2.05, 4.69) is 20.5 Å². The Hall–Kier alpha value is -1.47. The molecule has 4 heterocycles. The van der Waals surface area contributed by atoms with Crippen molar-refractivity contribution >= 4 is 5.91 Å². The van der Waals surface area contributed by atoms with Gasteiger partial charge in [-0.2, -0.15) is 0 Å². The van der Waals surface area contributed by atoms with E-state index >= 15 is 0 Å². The molecule has 3 saturated heterocycles. The number of piperidine rings is 3. The van der Waals surface area contributed by atoms with Crippen LogP contribution >= 0.6 is 0 Å². The fourth-order valence-corrected chi connectivity index (χ4v) is 4.90. The quantitative estimate of drug-likeness (QED) is 0.828. The summed E-state index contributed by atoms with van der Waals surface area (Å²) in [6, 6.07) is 0.824. The zero-order valence-corrected chi connectivity index (χ0v) is 14.8. The normalized spacial score (nSPS) is 32.7. The zero-order chi connectivity index (χ0) is 17.2. The molecule has 0 spiro atoms. The Balaban J connectivity index is 1.33. The van der Waals surface area contributed by atoms with Crippen molar-refractivity contribution in [1.82, 2.24) is 25.2 Å². The molecule has 4 fully saturated rings. The molecule has 25 heavy (non-hydrogen) atoms. The first-order valence-electron chi connectivity index (χ1n) is 9.77. The summed E-state index contributed by atoms with van der Waals surface area (Å²) in [5.74, 6) is 0.915. The Bertz CT molecular complexity index is 598. The second-order valence-electron chi connectivity index (χ2n) is 7.97. The first kappa shape index (κ1) is 17.0. The lowest BCUT2D eigenvalue weighted by Crippen LogP contribution is -2.58. The molecule has 1 aromatic rings. The van der Waals surface area contributed by atoms with Gasteiger partial charge in [0.25, 0.3) is 0 Å². The van der Waals surface area contributed by atoms with Gasteiger partial charge in [-0.05, 0) is 38.1 Å². The number of hydrogen-bond donors (Lipinski definition) is 2. The highest BCUT2D eigenvalue weighted by Crippen LogP contribution is 2.37. The highest BCUT2D eigenvalue weighted by molar-refractivity contribution is 5.79. The number of aromatic nitrogens is 3. The molecule has 7 nitrogen and oxygen atoms in total. The Morgan fingerprint density at radius 1 is 1.28 bits per heavy atom. The maximum atomic E-state index is 12.8. The number of fused-ring (bicyclic) bond motifs is 3. The average Bonchev–Trinajstić information content (AvgIpc) is 3.10. The molecule has 4 atom stereocenters. The Morgan fingerprint density at radius 2 is 2.12 bits per heavy atom. The third kappa shape index (κ3) is 3.72. The highest BCUT2D eigenvalue weighted by atomic mass is 16.3. The minimum absolute atomic E-state index is 0.0690. The lowest BCUT2D eigenvalue weighted by atomic mass is 9.75. The van der Waals surface area contributed by atoms with E-state index in [1.165, 1.54) is 19.3 Å². The number of aliphatic hydroxyl groups excluding tert-OH is 1. The van der Waals surface area contributed by atoms with Gasteiger partial charge >= 0.3 is 0 Å². The lowest BCUT2D eigenvalue weighted by Gasteiger charge is -2.49. The van der Waals surface area contributed by atoms with Gasteiger partial charge in [-0.3, -0.25) is 14.4 Å². The van der Waals surface area contributed by atoms with Crippen LogP contribution in [0.25, 0.3) is 0 Å². The van der Waals surface area contributed by atoms with Crippen LogP contribution in [0, 0.1) is 11.8 Å². The Morgan fingerprint density at radius 3 is 2.80 bits per heavy atom. The van der Waals surface area contributed by atoms with Crippen LogP contribution in [0.3, 0.4) is 0 Å². The van der Waals surface area contributed by atoms with Crippen molar-refractivity contribution in [2.45, 2.75) is 70.2 Å². The van der Waals surface area contributed by atoms with Gasteiger partial charge in [0.05, 0.1) is 25.3 Å². The smallest absolute Gasteiger partial charge is 0.224 e. The fourth-order valence-electron chi connectivity index (χ4n) is 4.90. The lowest BCUT2D eigenvalue weighted by molar-refractivity contribution is -0.134. The number of aliphatic hydroxyl groups is 1. The molecule has 2 N–H and O–H groups in total. The summed E-state index contributed by atoms with van der Waals surface area (Å²) in [4.78, 5) is 15.2. The highest BCUT2D eigenvalue weighted by Gasteiger charge is 2.43. The molecule has 1 saturated carbocycles. The third-order valence-electron chi connectivity index (χ3n) is 6.31. The first-order valence-corrected chi connectivity index (χ1v) is 9.77. The number of amides is 1. The summed E-state index contributed by atoms with van der Waals surface area (Å²) in [6.45, 7) is 2.67. The van der Waals surface area contributed by atoms with Crippen molar-refractivity contribution in [2.24, 2.45) is 11.8 Å². The minimum Gasteiger partial charge on any atom is -0.390 e. The largest absolute Gasteiger partial charge is 0.390 e. The molecular formula is C18H29N5O2. The van der Waals surface area contributed by atoms with Gasteiger partial charge in [-0.15, -0.1) is 5.10 Å². The van der Waals surface area contributed by atoms with Gasteiger partial charge in [-0.25, -0.2) is 0 Å². The molecule has 1 aliphatic carbocycles. The second-order valence-corrected chi connectivity index (χ2v) is 7.97. The molecule has 1 aromatic heterocycles. The van der Waals surface area contributed by atoms with Crippen molar-refractivity contribution < 1.29 is 9.90 Å². The molecule has 4 aliphatic rings. The second kappa shape index (κ2) is 7.41. The van der Waals surface area contributed by atoms with E-state index < -0.39 is 0 Å². The van der Waals surface area contributed by atoms with Crippen LogP contribution in [0.2, 0.25) is 0 Å². The average molecular weight is 347 g/mol. The fraction of sp³-hybridized carbons (Fsp3) is 0.833. The van der Waals surface area contributed by atoms with Crippen molar-refractivity contribution in [1.29, 1.82) is 0 Å². The van der Waals surface area contributed by atoms with Gasteiger partial charge < -0.3 is 10.4 Å². The van der Waals surface area contributed by atoms with E-state index in [4.69, 9.17) is 5.11 Å². The van der Waals surface area contributed by atoms with Crippen molar-refractivity contribution in [3.8, 4) is 0 Å². The maximum absolute atomic E-state index is 12.8. The number of nitrogens with zero attached hydrogens (tertiary/aromatic N) is 4. The van der Waals surface area contributed by atoms with Crippen LogP contribution in [0.15, 0.2) is 6.20 Å². The molecule has 0 aromatic carbocycles. The first-order chi connectivity index (χ1) is 12.2. The van der Waals surface area contributed by atoms with Crippen LogP contribution in [0.4, 0.5) is 0 Å². The predicted octanol–water partition coefficient (Wildman–Crippen LogP) is 0.930. The van der Waals surface area contributed by atoms with Gasteiger partial charge in [0.1, 0.15) is 5.69 Å². The summed E-state index contributed by atoms with van der Waals surface area (Å²) in [5, 5.41) is 20.5. The van der Waals surface area contributed by atoms with Crippen molar-refractivity contribution in [3.63, 3.8) is 0 Å². The molecule has 0 radical (unpaired) electrons. The third-order valence-corrected chi connectivity index (χ3v) is 6.31. The number of rotatable bonds is 5. The standard InChI is InChI=1S/C18H29N5O2/c24-12-15-9-23(21-20-15)10-16-8-13-6-7-22(16)11-17(13)18(25)19-14-4-2-1-3-5-14/h9,13-14,16-17,24H,1-8,10-12H2,(H,19,25)/t13-,16-,17+/m1/s1. The molecule has 138 valence electrons. The number of hydrogen-bond acceptors (Lipinski definition) is 5. The van der Waals surface area contributed by atoms with E-state index in [0.717, 1.165) is 45.3 Å². The molecule has 7 heteroatoms. The predicted molar refractivity (Wildman–Crippen MR) is 92.5 cm³/mol. The summed E-state index contributed by atoms with van der Waals surface area (Å²) < 4.78 is 1.83. The minimum atomic E-state index is -0.0690. The van der Waals surface area contributed by atoms with Crippen LogP contribution in [-0.2, 0) is 17.9 Å². The van der Waals surface area contributed by atoms with Crippen LogP contribution in [0.5, 0.6) is 0 Å². The number of nitrogens with one attached hydrogen (secondary N) is 1. The van der Waals surface area contributed by atoms with Gasteiger partial charge in [0.2, 0.25) is 5.91 Å². The van der Waals surface area contributed by atoms with E-state index in [1.54, 1.807) is 0 Å². The van der Waals surface area contributed by atoms with Gasteiger partial charge in [0.15, 0.2) is 0 Å². The number of carbonyl (C=O) groups excluding carboxylic acids is 1. The molecule has 1 unspecified atom stereocenters. The monoisotopic (exact) mass is 347 g/mol. The molecule has 1 amide bonds. The number of carbonyl (C=O) groups is 1. The summed E-state index contributed by atoms with van der Waals surface area (Å²) in [7, 11) is 0. The zero-order valence-electron chi connectivity index (χ0n) is 14.8. The van der Waals surface area contributed by atoms with E-state index in [1.807, 2.05) is 10.9 Å². The van der Waals surface area contributed by atoms with Crippen molar-refractivity contribution in [3.05, 3.63) is 11.9 Å². The SMILES string of the molecule is O=C(NC1CCCCC1)[C@H]1CN2CC[C@@H]1C[C@@H]2Cn1cc(CO)nn1. The topological polar surface area (TPSA) is 83.3 Å². The van der Waals surface area contributed by atoms with Crippen molar-refractivity contribution in [2.75, 3.05) is 13.1 Å². The Kier molecular flexibility index (Phi) is 5.03. The van der Waals surface area contributed by atoms with Gasteiger partial charge in [0, 0.05) is 18.6 Å². The summed E-state index contributed by atoms with van der Waals surface area (Å²) >= 11 is 0. The van der Waals surface area contributed by atoms with E-state index in [9.17, 15) is 4.79 Å². The van der Waals surface area contributed by atoms with Crippen LogP contribution in [-0.4, -0.2) is 56.1 Å². The summed E-state index contributed by atoms with van der Waals surface area (Å²) in [5.41, 5.74) is 0.612. The molecule has 2 bridgehead atoms. The summed E-state index contributed by atoms with van der Waals surface area (Å²) in [6.07, 6.45) is 10.1.